The van der Waals surface area contributed by atoms with Crippen molar-refractivity contribution in [1.29, 1.82) is 0 Å². The maximum atomic E-state index is 13.6. The van der Waals surface area contributed by atoms with Gasteiger partial charge in [-0.1, -0.05) is 131 Å². The van der Waals surface area contributed by atoms with Crippen LogP contribution in [0.15, 0.2) is 120 Å². The van der Waals surface area contributed by atoms with E-state index < -0.39 is 47.3 Å². The number of nitrogens with zero attached hydrogens (tertiary/aromatic N) is 4. The van der Waals surface area contributed by atoms with Crippen LogP contribution < -0.4 is 10.6 Å². The quantitative estimate of drug-likeness (QED) is 0.0408. The average Bonchev–Trinajstić information content (AvgIpc) is 3.60. The number of rotatable bonds is 13. The van der Waals surface area contributed by atoms with Crippen LogP contribution in [-0.2, 0) is 24.8 Å². The Morgan fingerprint density at radius 3 is 2.16 bits per heavy atom. The van der Waals surface area contributed by atoms with Gasteiger partial charge in [0.1, 0.15) is 22.7 Å². The third-order valence-corrected chi connectivity index (χ3v) is 10.3. The molecule has 2 atom stereocenters. The number of aliphatic carboxylic acids is 1. The van der Waals surface area contributed by atoms with Gasteiger partial charge in [0.05, 0.1) is 0 Å². The molecule has 2 amide bonds. The molecule has 1 aromatic heterocycles. The fraction of sp³-hybridized carbons (Fsp3) is 0.176. The standard InChI is InChI=1S/C34H28FIN6O5S2/c35-20-47-40-25(29(43)37-26-30(44)42-27(32(45)46)21(11-10-18-36)19-48-31(26)42)28-38-33(49-41-28)39-34(22-12-4-1-5-13-22,23-14-6-2-7-15-23)24-16-8-3-9-17-24/h1-17,26,31H,18-20H2,(H,37,43)(H,45,46)(H,38,39,41)/t26-,31+/m1/s1. The number of carbonyl (C=O) groups excluding carboxylic acids is 2. The number of amides is 2. The molecule has 250 valence electrons. The van der Waals surface area contributed by atoms with Crippen molar-refractivity contribution >= 4 is 74.5 Å². The lowest BCUT2D eigenvalue weighted by Crippen LogP contribution is -2.71. The monoisotopic (exact) mass is 810 g/mol. The summed E-state index contributed by atoms with van der Waals surface area (Å²) in [6.07, 6.45) is 3.50. The molecule has 0 aliphatic carbocycles. The molecule has 6 rings (SSSR count). The van der Waals surface area contributed by atoms with Crippen LogP contribution in [0.3, 0.4) is 0 Å². The Bertz CT molecular complexity index is 1830. The van der Waals surface area contributed by atoms with Crippen molar-refractivity contribution in [3.05, 3.63) is 137 Å². The number of allylic oxidation sites excluding steroid dienone is 2. The summed E-state index contributed by atoms with van der Waals surface area (Å²) in [6.45, 7) is -1.32. The van der Waals surface area contributed by atoms with Gasteiger partial charge in [-0.05, 0) is 22.3 Å². The molecule has 0 bridgehead atoms. The molecule has 2 aliphatic rings. The summed E-state index contributed by atoms with van der Waals surface area (Å²) in [6, 6.07) is 28.4. The third-order valence-electron chi connectivity index (χ3n) is 7.87. The molecule has 3 aromatic carbocycles. The van der Waals surface area contributed by atoms with Crippen LogP contribution in [0.25, 0.3) is 0 Å². The van der Waals surface area contributed by atoms with Gasteiger partial charge in [0, 0.05) is 21.7 Å². The van der Waals surface area contributed by atoms with Gasteiger partial charge in [0.2, 0.25) is 16.7 Å². The smallest absolute Gasteiger partial charge is 0.352 e. The van der Waals surface area contributed by atoms with E-state index in [1.54, 1.807) is 6.08 Å². The first-order chi connectivity index (χ1) is 23.9. The maximum Gasteiger partial charge on any atom is 0.352 e. The number of carboxylic acids is 1. The molecule has 15 heteroatoms. The summed E-state index contributed by atoms with van der Waals surface area (Å²) in [4.78, 5) is 49.3. The molecular weight excluding hydrogens is 782 g/mol. The Kier molecular flexibility index (Phi) is 10.7. The van der Waals surface area contributed by atoms with E-state index in [2.05, 4.69) is 52.6 Å². The number of anilines is 1. The van der Waals surface area contributed by atoms with Crippen LogP contribution in [0.5, 0.6) is 0 Å². The minimum Gasteiger partial charge on any atom is -0.477 e. The first-order valence-electron chi connectivity index (χ1n) is 14.9. The van der Waals surface area contributed by atoms with Crippen LogP contribution in [0.1, 0.15) is 22.5 Å². The fourth-order valence-electron chi connectivity index (χ4n) is 5.75. The Labute approximate surface area is 302 Å². The Morgan fingerprint density at radius 1 is 1.04 bits per heavy atom. The normalized spacial score (nSPS) is 17.8. The largest absolute Gasteiger partial charge is 0.477 e. The second-order valence-electron chi connectivity index (χ2n) is 10.7. The minimum absolute atomic E-state index is 0.120. The molecule has 1 fully saturated rings. The molecule has 0 unspecified atom stereocenters. The third kappa shape index (κ3) is 6.82. The summed E-state index contributed by atoms with van der Waals surface area (Å²) >= 11 is 4.43. The highest BCUT2D eigenvalue weighted by Gasteiger charge is 2.54. The molecule has 0 spiro atoms. The van der Waals surface area contributed by atoms with Crippen LogP contribution >= 0.6 is 45.9 Å². The molecule has 3 N–H and O–H groups in total. The Hall–Kier alpha value is -4.61. The number of nitrogens with one attached hydrogen (secondary N) is 2. The molecule has 2 aliphatic heterocycles. The predicted molar refractivity (Wildman–Crippen MR) is 194 cm³/mol. The van der Waals surface area contributed by atoms with Crippen molar-refractivity contribution in [1.82, 2.24) is 19.6 Å². The highest BCUT2D eigenvalue weighted by atomic mass is 127. The zero-order valence-corrected chi connectivity index (χ0v) is 29.3. The fourth-order valence-corrected chi connectivity index (χ4v) is 7.95. The highest BCUT2D eigenvalue weighted by molar-refractivity contribution is 14.1. The molecular formula is C34H28FIN6O5S2. The summed E-state index contributed by atoms with van der Waals surface area (Å²) < 4.78 is 18.2. The van der Waals surface area contributed by atoms with Crippen molar-refractivity contribution in [2.75, 3.05) is 22.4 Å². The zero-order chi connectivity index (χ0) is 34.4. The molecule has 0 saturated carbocycles. The van der Waals surface area contributed by atoms with E-state index >= 15 is 0 Å². The van der Waals surface area contributed by atoms with Gasteiger partial charge < -0.3 is 20.6 Å². The number of benzene rings is 3. The van der Waals surface area contributed by atoms with E-state index in [1.807, 2.05) is 97.1 Å². The molecule has 1 saturated heterocycles. The first-order valence-corrected chi connectivity index (χ1v) is 18.2. The van der Waals surface area contributed by atoms with E-state index in [9.17, 15) is 23.9 Å². The van der Waals surface area contributed by atoms with Gasteiger partial charge in [-0.3, -0.25) is 14.5 Å². The Balaban J connectivity index is 1.30. The number of thioether (sulfide) groups is 1. The lowest BCUT2D eigenvalue weighted by Gasteiger charge is -2.49. The van der Waals surface area contributed by atoms with Crippen LogP contribution in [-0.4, -0.2) is 71.3 Å². The number of β-lactam (4-membered cyclic amide) rings is 1. The van der Waals surface area contributed by atoms with Crippen LogP contribution in [0.4, 0.5) is 9.52 Å². The summed E-state index contributed by atoms with van der Waals surface area (Å²) in [5.74, 6) is -2.54. The van der Waals surface area contributed by atoms with Gasteiger partial charge in [0.25, 0.3) is 18.7 Å². The number of aromatic nitrogens is 2. The van der Waals surface area contributed by atoms with E-state index in [4.69, 9.17) is 0 Å². The SMILES string of the molecule is O=C(O)C1=C(C=CCI)CS[C@H]2[C@H](NC(=O)C(=NOCF)c3nsc(NC(c4ccccc4)(c4ccccc4)c4ccccc4)n3)C(=O)N12. The molecule has 49 heavy (non-hydrogen) atoms. The van der Waals surface area contributed by atoms with Gasteiger partial charge >= 0.3 is 5.97 Å². The zero-order valence-electron chi connectivity index (χ0n) is 25.5. The van der Waals surface area contributed by atoms with Gasteiger partial charge in [-0.2, -0.15) is 9.36 Å². The second kappa shape index (κ2) is 15.3. The van der Waals surface area contributed by atoms with Gasteiger partial charge in [0.15, 0.2) is 0 Å². The van der Waals surface area contributed by atoms with Gasteiger partial charge in [-0.25, -0.2) is 9.18 Å². The molecule has 4 aromatic rings. The number of halogens is 2. The second-order valence-corrected chi connectivity index (χ2v) is 13.4. The van der Waals surface area contributed by atoms with E-state index in [0.29, 0.717) is 20.9 Å². The summed E-state index contributed by atoms with van der Waals surface area (Å²) in [5.41, 5.74) is 1.75. The molecule has 0 radical (unpaired) electrons. The number of carbonyl (C=O) groups is 3. The minimum atomic E-state index is -1.32. The number of oxime groups is 1. The molecule has 3 heterocycles. The Morgan fingerprint density at radius 2 is 1.63 bits per heavy atom. The molecule has 11 nitrogen and oxygen atoms in total. The van der Waals surface area contributed by atoms with Crippen molar-refractivity contribution in [3.63, 3.8) is 0 Å². The lowest BCUT2D eigenvalue weighted by molar-refractivity contribution is -0.150. The van der Waals surface area contributed by atoms with Crippen molar-refractivity contribution in [2.24, 2.45) is 5.16 Å². The highest BCUT2D eigenvalue weighted by Crippen LogP contribution is 2.42. The number of alkyl halides is 2. The van der Waals surface area contributed by atoms with Gasteiger partial charge in [-0.15, -0.1) is 11.8 Å². The number of fused-ring (bicyclic) bond motifs is 1. The van der Waals surface area contributed by atoms with E-state index in [0.717, 1.165) is 28.2 Å². The number of carboxylic acid groups (broad SMARTS) is 1. The average molecular weight is 811 g/mol. The number of hydrogen-bond acceptors (Lipinski definition) is 10. The van der Waals surface area contributed by atoms with Crippen LogP contribution in [0.2, 0.25) is 0 Å². The van der Waals surface area contributed by atoms with Crippen LogP contribution in [0, 0.1) is 0 Å². The summed E-state index contributed by atoms with van der Waals surface area (Å²) in [7, 11) is 0. The van der Waals surface area contributed by atoms with Crippen molar-refractivity contribution in [3.8, 4) is 0 Å². The van der Waals surface area contributed by atoms with E-state index in [-0.39, 0.29) is 11.5 Å². The topological polar surface area (TPSA) is 146 Å². The lowest BCUT2D eigenvalue weighted by atomic mass is 9.77. The predicted octanol–water partition coefficient (Wildman–Crippen LogP) is 5.32. The van der Waals surface area contributed by atoms with Crippen molar-refractivity contribution < 1.29 is 28.7 Å². The van der Waals surface area contributed by atoms with Crippen molar-refractivity contribution in [2.45, 2.75) is 17.0 Å². The first kappa shape index (κ1) is 34.3. The number of hydrogen-bond donors (Lipinski definition) is 3. The maximum absolute atomic E-state index is 13.6. The summed E-state index contributed by atoms with van der Waals surface area (Å²) in [5, 5.41) is 19.4. The van der Waals surface area contributed by atoms with E-state index in [1.165, 1.54) is 16.7 Å².